The zero-order valence-corrected chi connectivity index (χ0v) is 12.9. The van der Waals surface area contributed by atoms with Gasteiger partial charge in [-0.1, -0.05) is 15.9 Å². The van der Waals surface area contributed by atoms with Gasteiger partial charge < -0.3 is 4.74 Å². The third-order valence-electron chi connectivity index (χ3n) is 2.09. The highest BCUT2D eigenvalue weighted by molar-refractivity contribution is 9.10. The lowest BCUT2D eigenvalue weighted by Crippen LogP contribution is -2.39. The molecule has 1 rings (SSSR count). The summed E-state index contributed by atoms with van der Waals surface area (Å²) in [7, 11) is 0. The topological polar surface area (TPSA) is 29.5 Å². The molecule has 1 aromatic carbocycles. The van der Waals surface area contributed by atoms with Crippen molar-refractivity contribution in [2.75, 3.05) is 11.4 Å². The van der Waals surface area contributed by atoms with Crippen molar-refractivity contribution in [2.24, 2.45) is 0 Å². The predicted octanol–water partition coefficient (Wildman–Crippen LogP) is 4.59. The summed E-state index contributed by atoms with van der Waals surface area (Å²) >= 11 is 3.05. The standard InChI is InChI=1S/C13H15BrF3NO2/c1-13(2,3)20-12(19)18(7-11(16)17)10-5-8(14)4-9(15)6-10/h4-6,11H,7H2,1-3H3. The summed E-state index contributed by atoms with van der Waals surface area (Å²) in [6, 6.07) is 3.53. The highest BCUT2D eigenvalue weighted by Crippen LogP contribution is 2.24. The number of benzene rings is 1. The molecule has 3 nitrogen and oxygen atoms in total. The smallest absolute Gasteiger partial charge is 0.414 e. The second-order valence-electron chi connectivity index (χ2n) is 5.11. The van der Waals surface area contributed by atoms with Gasteiger partial charge in [-0.3, -0.25) is 4.90 Å². The van der Waals surface area contributed by atoms with E-state index in [2.05, 4.69) is 15.9 Å². The first-order chi connectivity index (χ1) is 9.08. The van der Waals surface area contributed by atoms with Gasteiger partial charge in [-0.25, -0.2) is 18.0 Å². The van der Waals surface area contributed by atoms with E-state index >= 15 is 0 Å². The van der Waals surface area contributed by atoms with Crippen LogP contribution in [0.5, 0.6) is 0 Å². The quantitative estimate of drug-likeness (QED) is 0.794. The number of alkyl halides is 2. The molecule has 0 unspecified atom stereocenters. The molecule has 0 fully saturated rings. The van der Waals surface area contributed by atoms with E-state index in [1.54, 1.807) is 20.8 Å². The first-order valence-electron chi connectivity index (χ1n) is 5.83. The Morgan fingerprint density at radius 1 is 1.35 bits per heavy atom. The summed E-state index contributed by atoms with van der Waals surface area (Å²) in [5.74, 6) is -0.641. The molecule has 0 aliphatic heterocycles. The van der Waals surface area contributed by atoms with Crippen LogP contribution in [-0.2, 0) is 4.74 Å². The Morgan fingerprint density at radius 3 is 2.40 bits per heavy atom. The molecule has 20 heavy (non-hydrogen) atoms. The highest BCUT2D eigenvalue weighted by atomic mass is 79.9. The minimum Gasteiger partial charge on any atom is -0.443 e. The van der Waals surface area contributed by atoms with Crippen LogP contribution in [0.2, 0.25) is 0 Å². The van der Waals surface area contributed by atoms with Crippen LogP contribution in [0.15, 0.2) is 22.7 Å². The largest absolute Gasteiger partial charge is 0.443 e. The third-order valence-corrected chi connectivity index (χ3v) is 2.55. The summed E-state index contributed by atoms with van der Waals surface area (Å²) < 4.78 is 43.9. The van der Waals surface area contributed by atoms with Crippen molar-refractivity contribution in [1.29, 1.82) is 0 Å². The van der Waals surface area contributed by atoms with Crippen LogP contribution in [0.1, 0.15) is 20.8 Å². The molecule has 0 heterocycles. The molecule has 0 aliphatic carbocycles. The Kier molecular flexibility index (Phi) is 5.44. The van der Waals surface area contributed by atoms with Crippen LogP contribution in [-0.4, -0.2) is 24.7 Å². The lowest BCUT2D eigenvalue weighted by atomic mass is 10.2. The predicted molar refractivity (Wildman–Crippen MR) is 73.7 cm³/mol. The number of ether oxygens (including phenoxy) is 1. The Bertz CT molecular complexity index is 469. The lowest BCUT2D eigenvalue weighted by Gasteiger charge is -2.27. The molecule has 0 saturated heterocycles. The third kappa shape index (κ3) is 5.40. The molecule has 112 valence electrons. The zero-order valence-electron chi connectivity index (χ0n) is 11.3. The number of hydrogen-bond donors (Lipinski definition) is 0. The van der Waals surface area contributed by atoms with Gasteiger partial charge in [0.2, 0.25) is 0 Å². The van der Waals surface area contributed by atoms with E-state index in [1.165, 1.54) is 12.1 Å². The van der Waals surface area contributed by atoms with Crippen molar-refractivity contribution < 1.29 is 22.7 Å². The highest BCUT2D eigenvalue weighted by Gasteiger charge is 2.26. The molecule has 0 radical (unpaired) electrons. The summed E-state index contributed by atoms with van der Waals surface area (Å²) in [6.07, 6.45) is -3.71. The fourth-order valence-electron chi connectivity index (χ4n) is 1.44. The number of carbonyl (C=O) groups excluding carboxylic acids is 1. The maximum absolute atomic E-state index is 13.3. The average Bonchev–Trinajstić information content (AvgIpc) is 2.21. The van der Waals surface area contributed by atoms with Gasteiger partial charge in [0.1, 0.15) is 11.4 Å². The van der Waals surface area contributed by atoms with E-state index in [1.807, 2.05) is 0 Å². The summed E-state index contributed by atoms with van der Waals surface area (Å²) in [5, 5.41) is 0. The van der Waals surface area contributed by atoms with Crippen LogP contribution in [0.25, 0.3) is 0 Å². The van der Waals surface area contributed by atoms with Crippen molar-refractivity contribution in [1.82, 2.24) is 0 Å². The SMILES string of the molecule is CC(C)(C)OC(=O)N(CC(F)F)c1cc(F)cc(Br)c1. The summed E-state index contributed by atoms with van der Waals surface area (Å²) in [5.41, 5.74) is -0.825. The number of nitrogens with zero attached hydrogens (tertiary/aromatic N) is 1. The van der Waals surface area contributed by atoms with Crippen molar-refractivity contribution in [3.05, 3.63) is 28.5 Å². The van der Waals surface area contributed by atoms with Gasteiger partial charge in [0.15, 0.2) is 0 Å². The van der Waals surface area contributed by atoms with Crippen LogP contribution < -0.4 is 4.90 Å². The fourth-order valence-corrected chi connectivity index (χ4v) is 1.89. The van der Waals surface area contributed by atoms with Gasteiger partial charge in [0.25, 0.3) is 6.43 Å². The van der Waals surface area contributed by atoms with E-state index in [0.717, 1.165) is 6.07 Å². The number of amides is 1. The molecule has 0 spiro atoms. The van der Waals surface area contributed by atoms with E-state index < -0.39 is 30.5 Å². The average molecular weight is 354 g/mol. The van der Waals surface area contributed by atoms with E-state index in [4.69, 9.17) is 4.74 Å². The second kappa shape index (κ2) is 6.47. The van der Waals surface area contributed by atoms with Crippen molar-refractivity contribution in [3.8, 4) is 0 Å². The van der Waals surface area contributed by atoms with Gasteiger partial charge in [0, 0.05) is 4.47 Å². The molecule has 1 amide bonds. The van der Waals surface area contributed by atoms with Crippen LogP contribution in [0, 0.1) is 5.82 Å². The number of hydrogen-bond acceptors (Lipinski definition) is 2. The molecule has 0 aromatic heterocycles. The van der Waals surface area contributed by atoms with Gasteiger partial charge in [-0.2, -0.15) is 0 Å². The summed E-state index contributed by atoms with van der Waals surface area (Å²) in [4.78, 5) is 12.7. The second-order valence-corrected chi connectivity index (χ2v) is 6.03. The number of anilines is 1. The Labute approximate surface area is 123 Å². The normalized spacial score (nSPS) is 11.6. The monoisotopic (exact) mass is 353 g/mol. The number of carbonyl (C=O) groups is 1. The number of rotatable bonds is 3. The van der Waals surface area contributed by atoms with Crippen LogP contribution in [0.4, 0.5) is 23.7 Å². The molecule has 0 atom stereocenters. The molecule has 0 N–H and O–H groups in total. The minimum atomic E-state index is -2.76. The van der Waals surface area contributed by atoms with Gasteiger partial charge in [-0.15, -0.1) is 0 Å². The van der Waals surface area contributed by atoms with E-state index in [0.29, 0.717) is 9.37 Å². The van der Waals surface area contributed by atoms with Crippen molar-refractivity contribution >= 4 is 27.7 Å². The van der Waals surface area contributed by atoms with Gasteiger partial charge in [0.05, 0.1) is 12.2 Å². The van der Waals surface area contributed by atoms with Crippen molar-refractivity contribution in [2.45, 2.75) is 32.8 Å². The lowest BCUT2D eigenvalue weighted by molar-refractivity contribution is 0.0543. The van der Waals surface area contributed by atoms with Gasteiger partial charge >= 0.3 is 6.09 Å². The first-order valence-corrected chi connectivity index (χ1v) is 6.62. The number of halogens is 4. The van der Waals surface area contributed by atoms with Crippen LogP contribution in [0.3, 0.4) is 0 Å². The summed E-state index contributed by atoms with van der Waals surface area (Å²) in [6.45, 7) is 3.98. The van der Waals surface area contributed by atoms with Crippen LogP contribution >= 0.6 is 15.9 Å². The molecule has 0 saturated carbocycles. The Morgan fingerprint density at radius 2 is 1.95 bits per heavy atom. The zero-order chi connectivity index (χ0) is 15.5. The van der Waals surface area contributed by atoms with E-state index in [-0.39, 0.29) is 5.69 Å². The van der Waals surface area contributed by atoms with Gasteiger partial charge in [-0.05, 0) is 39.0 Å². The molecule has 7 heteroatoms. The Balaban J connectivity index is 3.08. The maximum Gasteiger partial charge on any atom is 0.414 e. The van der Waals surface area contributed by atoms with E-state index in [9.17, 15) is 18.0 Å². The van der Waals surface area contributed by atoms with Crippen molar-refractivity contribution in [3.63, 3.8) is 0 Å². The molecular formula is C13H15BrF3NO2. The first kappa shape index (κ1) is 16.8. The molecule has 1 aromatic rings. The maximum atomic E-state index is 13.3. The molecule has 0 aliphatic rings. The Hall–Kier alpha value is -1.24. The minimum absolute atomic E-state index is 0.00595. The molecular weight excluding hydrogens is 339 g/mol. The fraction of sp³-hybridized carbons (Fsp3) is 0.462. The molecule has 0 bridgehead atoms.